The first-order chi connectivity index (χ1) is 8.83. The lowest BCUT2D eigenvalue weighted by atomic mass is 10.2. The van der Waals surface area contributed by atoms with Crippen LogP contribution in [-0.2, 0) is 20.0 Å². The van der Waals surface area contributed by atoms with Crippen LogP contribution in [-0.4, -0.2) is 25.9 Å². The maximum Gasteiger partial charge on any atom is 0.160 e. The van der Waals surface area contributed by atoms with Gasteiger partial charge in [0, 0.05) is 44.7 Å². The molecule has 0 unspecified atom stereocenters. The zero-order chi connectivity index (χ0) is 12.1. The van der Waals surface area contributed by atoms with Crippen LogP contribution in [0.4, 0.5) is 0 Å². The fourth-order valence-corrected chi connectivity index (χ4v) is 2.72. The highest BCUT2D eigenvalue weighted by atomic mass is 15.3. The Hall–Kier alpha value is -1.62. The van der Waals surface area contributed by atoms with Crippen molar-refractivity contribution in [2.24, 2.45) is 7.05 Å². The molecule has 0 spiro atoms. The molecule has 0 saturated heterocycles. The van der Waals surface area contributed by atoms with Gasteiger partial charge in [-0.2, -0.15) is 5.10 Å². The third kappa shape index (κ3) is 1.50. The van der Waals surface area contributed by atoms with Gasteiger partial charge in [0.15, 0.2) is 5.82 Å². The highest BCUT2D eigenvalue weighted by Gasteiger charge is 2.32. The monoisotopic (exact) mass is 243 g/mol. The highest BCUT2D eigenvalue weighted by Crippen LogP contribution is 2.41. The molecule has 5 nitrogen and oxygen atoms in total. The van der Waals surface area contributed by atoms with Gasteiger partial charge in [0.1, 0.15) is 5.82 Å². The number of hydrogen-bond donors (Lipinski definition) is 1. The number of fused-ring (bicyclic) bond motifs is 1. The van der Waals surface area contributed by atoms with Crippen molar-refractivity contribution >= 4 is 0 Å². The van der Waals surface area contributed by atoms with E-state index in [4.69, 9.17) is 4.98 Å². The van der Waals surface area contributed by atoms with Crippen molar-refractivity contribution < 1.29 is 0 Å². The number of nitrogens with zero attached hydrogens (tertiary/aromatic N) is 4. The lowest BCUT2D eigenvalue weighted by Crippen LogP contribution is -2.24. The van der Waals surface area contributed by atoms with Crippen LogP contribution < -0.4 is 5.32 Å². The third-order valence-electron chi connectivity index (χ3n) is 3.78. The van der Waals surface area contributed by atoms with Crippen molar-refractivity contribution in [1.82, 2.24) is 24.6 Å². The van der Waals surface area contributed by atoms with Crippen LogP contribution in [0.1, 0.15) is 36.0 Å². The van der Waals surface area contributed by atoms with Crippen molar-refractivity contribution in [1.29, 1.82) is 0 Å². The Bertz CT molecular complexity index is 591. The van der Waals surface area contributed by atoms with E-state index < -0.39 is 0 Å². The van der Waals surface area contributed by atoms with E-state index in [1.807, 2.05) is 17.9 Å². The number of rotatable bonds is 2. The van der Waals surface area contributed by atoms with E-state index >= 15 is 0 Å². The average molecular weight is 243 g/mol. The molecular formula is C13H17N5. The lowest BCUT2D eigenvalue weighted by Gasteiger charge is -2.14. The minimum absolute atomic E-state index is 0.651. The van der Waals surface area contributed by atoms with E-state index in [0.29, 0.717) is 5.92 Å². The molecule has 0 aromatic carbocycles. The van der Waals surface area contributed by atoms with Crippen LogP contribution in [0.15, 0.2) is 12.3 Å². The second kappa shape index (κ2) is 3.68. The summed E-state index contributed by atoms with van der Waals surface area (Å²) in [6.45, 7) is 1.94. The Morgan fingerprint density at radius 1 is 1.39 bits per heavy atom. The summed E-state index contributed by atoms with van der Waals surface area (Å²) in [6, 6.07) is 2.08. The predicted molar refractivity (Wildman–Crippen MR) is 67.7 cm³/mol. The molecule has 1 fully saturated rings. The molecule has 0 bridgehead atoms. The predicted octanol–water partition coefficient (Wildman–Crippen LogP) is 1.13. The van der Waals surface area contributed by atoms with Gasteiger partial charge in [-0.15, -0.1) is 0 Å². The summed E-state index contributed by atoms with van der Waals surface area (Å²) in [4.78, 5) is 4.85. The first kappa shape index (κ1) is 10.3. The van der Waals surface area contributed by atoms with Gasteiger partial charge in [0.05, 0.1) is 11.4 Å². The van der Waals surface area contributed by atoms with Gasteiger partial charge < -0.3 is 5.32 Å². The molecule has 0 amide bonds. The molecule has 1 saturated carbocycles. The molecule has 3 heterocycles. The fraction of sp³-hybridized carbons (Fsp3) is 0.538. The largest absolute Gasteiger partial charge is 0.311 e. The minimum atomic E-state index is 0.651. The van der Waals surface area contributed by atoms with Gasteiger partial charge in [0.2, 0.25) is 0 Å². The SMILES string of the molecule is Cn1ccc(-n2c(C3CC3)nc3c2CCNC3)n1. The Labute approximate surface area is 106 Å². The van der Waals surface area contributed by atoms with E-state index in [9.17, 15) is 0 Å². The zero-order valence-electron chi connectivity index (χ0n) is 10.6. The van der Waals surface area contributed by atoms with Gasteiger partial charge >= 0.3 is 0 Å². The lowest BCUT2D eigenvalue weighted by molar-refractivity contribution is 0.617. The molecule has 94 valence electrons. The first-order valence-corrected chi connectivity index (χ1v) is 6.64. The molecule has 4 rings (SSSR count). The molecule has 18 heavy (non-hydrogen) atoms. The number of hydrogen-bond acceptors (Lipinski definition) is 3. The summed E-state index contributed by atoms with van der Waals surface area (Å²) in [5.74, 6) is 2.90. The quantitative estimate of drug-likeness (QED) is 0.860. The van der Waals surface area contributed by atoms with Gasteiger partial charge in [-0.25, -0.2) is 4.98 Å². The van der Waals surface area contributed by atoms with Crippen LogP contribution in [0, 0.1) is 0 Å². The number of aryl methyl sites for hydroxylation is 1. The maximum absolute atomic E-state index is 4.85. The zero-order valence-corrected chi connectivity index (χ0v) is 10.6. The Morgan fingerprint density at radius 2 is 2.28 bits per heavy atom. The molecule has 5 heteroatoms. The van der Waals surface area contributed by atoms with Gasteiger partial charge in [-0.1, -0.05) is 0 Å². The van der Waals surface area contributed by atoms with Gasteiger partial charge in [-0.3, -0.25) is 9.25 Å². The van der Waals surface area contributed by atoms with E-state index in [1.165, 1.54) is 30.1 Å². The standard InChI is InChI=1S/C13H17N5/c1-17-7-5-12(16-17)18-11-4-6-14-8-10(11)15-13(18)9-2-3-9/h5,7,9,14H,2-4,6,8H2,1H3. The Morgan fingerprint density at radius 3 is 3.00 bits per heavy atom. The van der Waals surface area contributed by atoms with E-state index in [0.717, 1.165) is 25.3 Å². The molecule has 0 atom stereocenters. The number of aromatic nitrogens is 4. The van der Waals surface area contributed by atoms with Crippen LogP contribution in [0.25, 0.3) is 5.82 Å². The van der Waals surface area contributed by atoms with Crippen molar-refractivity contribution in [2.45, 2.75) is 31.7 Å². The van der Waals surface area contributed by atoms with Crippen LogP contribution in [0.3, 0.4) is 0 Å². The Balaban J connectivity index is 1.90. The molecule has 1 aliphatic carbocycles. The summed E-state index contributed by atoms with van der Waals surface area (Å²) >= 11 is 0. The summed E-state index contributed by atoms with van der Waals surface area (Å²) in [5, 5.41) is 7.95. The summed E-state index contributed by atoms with van der Waals surface area (Å²) in [7, 11) is 1.96. The molecule has 2 aromatic rings. The first-order valence-electron chi connectivity index (χ1n) is 6.64. The molecule has 1 N–H and O–H groups in total. The molecule has 1 aliphatic heterocycles. The van der Waals surface area contributed by atoms with Crippen molar-refractivity contribution in [3.8, 4) is 5.82 Å². The molecule has 2 aliphatic rings. The summed E-state index contributed by atoms with van der Waals surface area (Å²) in [6.07, 6.45) is 5.59. The summed E-state index contributed by atoms with van der Waals surface area (Å²) in [5.41, 5.74) is 2.57. The molecular weight excluding hydrogens is 226 g/mol. The topological polar surface area (TPSA) is 47.7 Å². The normalized spacial score (nSPS) is 18.9. The highest BCUT2D eigenvalue weighted by molar-refractivity contribution is 5.34. The second-order valence-electron chi connectivity index (χ2n) is 5.25. The molecule has 2 aromatic heterocycles. The van der Waals surface area contributed by atoms with Crippen molar-refractivity contribution in [3.63, 3.8) is 0 Å². The van der Waals surface area contributed by atoms with Crippen molar-refractivity contribution in [3.05, 3.63) is 29.5 Å². The second-order valence-corrected chi connectivity index (χ2v) is 5.25. The number of nitrogens with one attached hydrogen (secondary N) is 1. The van der Waals surface area contributed by atoms with E-state index in [-0.39, 0.29) is 0 Å². The minimum Gasteiger partial charge on any atom is -0.311 e. The Kier molecular flexibility index (Phi) is 2.11. The number of imidazole rings is 1. The van der Waals surface area contributed by atoms with Crippen molar-refractivity contribution in [2.75, 3.05) is 6.54 Å². The van der Waals surface area contributed by atoms with Crippen LogP contribution >= 0.6 is 0 Å². The average Bonchev–Trinajstić information content (AvgIpc) is 3.03. The smallest absolute Gasteiger partial charge is 0.160 e. The fourth-order valence-electron chi connectivity index (χ4n) is 2.72. The molecule has 0 radical (unpaired) electrons. The van der Waals surface area contributed by atoms with Gasteiger partial charge in [-0.05, 0) is 12.8 Å². The maximum atomic E-state index is 4.85. The third-order valence-corrected chi connectivity index (χ3v) is 3.78. The van der Waals surface area contributed by atoms with Crippen LogP contribution in [0.5, 0.6) is 0 Å². The van der Waals surface area contributed by atoms with E-state index in [2.05, 4.69) is 21.0 Å². The van der Waals surface area contributed by atoms with Crippen LogP contribution in [0.2, 0.25) is 0 Å². The van der Waals surface area contributed by atoms with Gasteiger partial charge in [0.25, 0.3) is 0 Å². The summed E-state index contributed by atoms with van der Waals surface area (Å²) < 4.78 is 4.16. The van der Waals surface area contributed by atoms with E-state index in [1.54, 1.807) is 0 Å².